The number of carbonyl (C=O) groups is 6. The second-order valence-electron chi connectivity index (χ2n) is 13.0. The normalized spacial score (nSPS) is 17.2. The number of nitrogen functional groups attached to an aromatic ring is 1. The number of allylic oxidation sites excluding steroid dienone is 2. The standard InChI is InChI=1S/C41H43N5O10/c42-28-13-11-27(12-14-28)5-3-7-30-29-6-1-2-9-32(29)45(39(30)50)19-18-43-35(47)17-20-53-21-22-54-23-24-55-25-26-56-34-10-4-8-31-37(34)41(52)46(40(31)51)33-15-16-36(48)44-38(33)49/h1-14,33H,15-26,42H2,(H,43,47)(H,44,48,49)/b5-3+,30-7+. The Balaban J connectivity index is 0.808. The van der Waals surface area contributed by atoms with Crippen molar-refractivity contribution < 1.29 is 47.7 Å². The second kappa shape index (κ2) is 18.9. The molecule has 3 aromatic rings. The molecule has 4 N–H and O–H groups in total. The van der Waals surface area contributed by atoms with Gasteiger partial charge in [-0.25, -0.2) is 0 Å². The van der Waals surface area contributed by atoms with Crippen molar-refractivity contribution in [3.05, 3.63) is 101 Å². The molecule has 1 fully saturated rings. The molecule has 0 bridgehead atoms. The summed E-state index contributed by atoms with van der Waals surface area (Å²) in [6.07, 6.45) is 5.82. The fourth-order valence-corrected chi connectivity index (χ4v) is 6.47. The molecule has 0 aromatic heterocycles. The lowest BCUT2D eigenvalue weighted by Gasteiger charge is -2.27. The number of nitrogens with one attached hydrogen (secondary N) is 2. The summed E-state index contributed by atoms with van der Waals surface area (Å²) >= 11 is 0. The molecule has 1 saturated heterocycles. The van der Waals surface area contributed by atoms with E-state index < -0.39 is 29.7 Å². The highest BCUT2D eigenvalue weighted by atomic mass is 16.6. The van der Waals surface area contributed by atoms with Crippen molar-refractivity contribution in [3.63, 3.8) is 0 Å². The van der Waals surface area contributed by atoms with Crippen molar-refractivity contribution in [1.29, 1.82) is 0 Å². The molecule has 1 unspecified atom stereocenters. The molecule has 292 valence electrons. The fraction of sp³-hybridized carbons (Fsp3) is 0.317. The van der Waals surface area contributed by atoms with Crippen molar-refractivity contribution in [2.75, 3.05) is 70.0 Å². The van der Waals surface area contributed by atoms with Crippen LogP contribution in [-0.2, 0) is 33.4 Å². The Kier molecular flexibility index (Phi) is 13.4. The minimum atomic E-state index is -1.06. The molecule has 6 rings (SSSR count). The Labute approximate surface area is 323 Å². The zero-order valence-corrected chi connectivity index (χ0v) is 30.7. The number of carbonyl (C=O) groups excluding carboxylic acids is 6. The Morgan fingerprint density at radius 2 is 1.50 bits per heavy atom. The van der Waals surface area contributed by atoms with Gasteiger partial charge in [0.2, 0.25) is 17.7 Å². The summed E-state index contributed by atoms with van der Waals surface area (Å²) < 4.78 is 22.3. The van der Waals surface area contributed by atoms with Gasteiger partial charge in [-0.3, -0.25) is 39.0 Å². The Bertz CT molecular complexity index is 2030. The molecule has 1 atom stereocenters. The maximum Gasteiger partial charge on any atom is 0.266 e. The molecule has 0 radical (unpaired) electrons. The first-order chi connectivity index (χ1) is 27.2. The molecule has 0 saturated carbocycles. The largest absolute Gasteiger partial charge is 0.490 e. The number of ether oxygens (including phenoxy) is 4. The molecule has 0 spiro atoms. The number of anilines is 2. The number of para-hydroxylation sites is 1. The maximum absolute atomic E-state index is 13.3. The summed E-state index contributed by atoms with van der Waals surface area (Å²) in [4.78, 5) is 78.2. The number of fused-ring (bicyclic) bond motifs is 2. The van der Waals surface area contributed by atoms with Gasteiger partial charge in [0.1, 0.15) is 18.4 Å². The lowest BCUT2D eigenvalue weighted by Crippen LogP contribution is -2.54. The third kappa shape index (κ3) is 9.55. The summed E-state index contributed by atoms with van der Waals surface area (Å²) in [6.45, 7) is 2.29. The summed E-state index contributed by atoms with van der Waals surface area (Å²) in [5.74, 6) is -2.47. The van der Waals surface area contributed by atoms with E-state index in [4.69, 9.17) is 24.7 Å². The van der Waals surface area contributed by atoms with Crippen molar-refractivity contribution in [3.8, 4) is 5.75 Å². The molecule has 56 heavy (non-hydrogen) atoms. The first-order valence-electron chi connectivity index (χ1n) is 18.4. The lowest BCUT2D eigenvalue weighted by atomic mass is 10.0. The average Bonchev–Trinajstić information content (AvgIpc) is 3.61. The number of piperidine rings is 1. The van der Waals surface area contributed by atoms with E-state index in [1.165, 1.54) is 6.07 Å². The van der Waals surface area contributed by atoms with Gasteiger partial charge in [0.05, 0.1) is 56.5 Å². The van der Waals surface area contributed by atoms with Gasteiger partial charge in [0, 0.05) is 42.8 Å². The van der Waals surface area contributed by atoms with Gasteiger partial charge in [-0.05, 0) is 48.4 Å². The van der Waals surface area contributed by atoms with E-state index in [9.17, 15) is 28.8 Å². The van der Waals surface area contributed by atoms with Crippen LogP contribution in [0.25, 0.3) is 11.6 Å². The van der Waals surface area contributed by atoms with Gasteiger partial charge < -0.3 is 34.9 Å². The third-order valence-corrected chi connectivity index (χ3v) is 9.24. The Morgan fingerprint density at radius 1 is 0.804 bits per heavy atom. The third-order valence-electron chi connectivity index (χ3n) is 9.24. The molecule has 3 aromatic carbocycles. The van der Waals surface area contributed by atoms with Crippen LogP contribution in [0.1, 0.15) is 51.1 Å². The van der Waals surface area contributed by atoms with Crippen LogP contribution in [0.15, 0.2) is 78.9 Å². The maximum atomic E-state index is 13.3. The van der Waals surface area contributed by atoms with Gasteiger partial charge >= 0.3 is 0 Å². The number of hydrogen-bond donors (Lipinski definition) is 3. The lowest BCUT2D eigenvalue weighted by molar-refractivity contribution is -0.136. The predicted octanol–water partition coefficient (Wildman–Crippen LogP) is 2.75. The van der Waals surface area contributed by atoms with Gasteiger partial charge in [-0.2, -0.15) is 0 Å². The van der Waals surface area contributed by atoms with Gasteiger partial charge in [0.15, 0.2) is 0 Å². The number of amides is 6. The van der Waals surface area contributed by atoms with Crippen LogP contribution in [0.2, 0.25) is 0 Å². The van der Waals surface area contributed by atoms with Crippen molar-refractivity contribution in [2.45, 2.75) is 25.3 Å². The van der Waals surface area contributed by atoms with Gasteiger partial charge in [0.25, 0.3) is 17.7 Å². The van der Waals surface area contributed by atoms with E-state index in [1.807, 2.05) is 60.7 Å². The monoisotopic (exact) mass is 765 g/mol. The highest BCUT2D eigenvalue weighted by Gasteiger charge is 2.46. The van der Waals surface area contributed by atoms with E-state index >= 15 is 0 Å². The molecule has 3 aliphatic rings. The summed E-state index contributed by atoms with van der Waals surface area (Å²) in [5.41, 5.74) is 9.85. The van der Waals surface area contributed by atoms with E-state index in [0.717, 1.165) is 21.7 Å². The number of benzene rings is 3. The predicted molar refractivity (Wildman–Crippen MR) is 205 cm³/mol. The van der Waals surface area contributed by atoms with Crippen LogP contribution in [0.3, 0.4) is 0 Å². The van der Waals surface area contributed by atoms with Crippen molar-refractivity contribution in [1.82, 2.24) is 15.5 Å². The first kappa shape index (κ1) is 39.5. The number of nitrogens with zero attached hydrogens (tertiary/aromatic N) is 2. The molecule has 3 heterocycles. The van der Waals surface area contributed by atoms with Crippen LogP contribution in [0.5, 0.6) is 5.75 Å². The van der Waals surface area contributed by atoms with Crippen LogP contribution >= 0.6 is 0 Å². The van der Waals surface area contributed by atoms with Crippen LogP contribution < -0.4 is 26.0 Å². The molecule has 3 aliphatic heterocycles. The molecule has 15 nitrogen and oxygen atoms in total. The Morgan fingerprint density at radius 3 is 2.25 bits per heavy atom. The zero-order chi connectivity index (χ0) is 39.4. The number of imide groups is 2. The fourth-order valence-electron chi connectivity index (χ4n) is 6.47. The number of hydrogen-bond acceptors (Lipinski definition) is 11. The number of rotatable bonds is 19. The molecular weight excluding hydrogens is 722 g/mol. The minimum absolute atomic E-state index is 0.0363. The minimum Gasteiger partial charge on any atom is -0.490 e. The van der Waals surface area contributed by atoms with Crippen molar-refractivity contribution in [2.24, 2.45) is 0 Å². The van der Waals surface area contributed by atoms with Crippen LogP contribution in [-0.4, -0.2) is 106 Å². The Hall–Kier alpha value is -6.16. The molecule has 15 heteroatoms. The molecule has 6 amide bonds. The molecule has 0 aliphatic carbocycles. The average molecular weight is 766 g/mol. The number of nitrogens with two attached hydrogens (primary N) is 1. The summed E-state index contributed by atoms with van der Waals surface area (Å²) in [5, 5.41) is 5.03. The van der Waals surface area contributed by atoms with E-state index in [-0.39, 0.29) is 80.9 Å². The van der Waals surface area contributed by atoms with Crippen LogP contribution in [0, 0.1) is 0 Å². The SMILES string of the molecule is Nc1ccc(/C=C/C=C2/C(=O)N(CCNC(=O)CCOCCOCCOCCOc3cccc4c3C(=O)N(C3CCC(=O)NC3=O)C4=O)c3ccccc32)cc1. The highest BCUT2D eigenvalue weighted by Crippen LogP contribution is 2.36. The van der Waals surface area contributed by atoms with E-state index in [1.54, 1.807) is 23.1 Å². The second-order valence-corrected chi connectivity index (χ2v) is 13.0. The topological polar surface area (TPSA) is 196 Å². The van der Waals surface area contributed by atoms with E-state index in [0.29, 0.717) is 37.6 Å². The van der Waals surface area contributed by atoms with Gasteiger partial charge in [-0.1, -0.05) is 48.6 Å². The highest BCUT2D eigenvalue weighted by molar-refractivity contribution is 6.32. The van der Waals surface area contributed by atoms with Gasteiger partial charge in [-0.15, -0.1) is 0 Å². The first-order valence-corrected chi connectivity index (χ1v) is 18.4. The van der Waals surface area contributed by atoms with Crippen LogP contribution in [0.4, 0.5) is 11.4 Å². The summed E-state index contributed by atoms with van der Waals surface area (Å²) in [6, 6.07) is 18.6. The summed E-state index contributed by atoms with van der Waals surface area (Å²) in [7, 11) is 0. The molecular formula is C41H43N5O10. The zero-order valence-electron chi connectivity index (χ0n) is 30.7. The van der Waals surface area contributed by atoms with E-state index in [2.05, 4.69) is 10.6 Å². The van der Waals surface area contributed by atoms with Crippen molar-refractivity contribution >= 4 is 58.5 Å². The quantitative estimate of drug-likeness (QED) is 0.0703. The smallest absolute Gasteiger partial charge is 0.266 e.